The van der Waals surface area contributed by atoms with Gasteiger partial charge in [-0.25, -0.2) is 4.98 Å². The van der Waals surface area contributed by atoms with E-state index in [4.69, 9.17) is 11.6 Å². The van der Waals surface area contributed by atoms with Crippen molar-refractivity contribution >= 4 is 34.4 Å². The van der Waals surface area contributed by atoms with Crippen molar-refractivity contribution < 1.29 is 9.59 Å². The van der Waals surface area contributed by atoms with Gasteiger partial charge in [-0.1, -0.05) is 43.6 Å². The van der Waals surface area contributed by atoms with Crippen molar-refractivity contribution in [1.29, 1.82) is 0 Å². The molecule has 0 spiro atoms. The fraction of sp³-hybridized carbons (Fsp3) is 0.500. The first-order chi connectivity index (χ1) is 18.4. The number of benzene rings is 2. The number of halogens is 1. The zero-order valence-electron chi connectivity index (χ0n) is 22.4. The summed E-state index contributed by atoms with van der Waals surface area (Å²) in [6, 6.07) is 13.0. The van der Waals surface area contributed by atoms with Crippen molar-refractivity contribution in [2.45, 2.75) is 45.4 Å². The second kappa shape index (κ2) is 11.9. The molecule has 0 unspecified atom stereocenters. The lowest BCUT2D eigenvalue weighted by Gasteiger charge is -2.37. The summed E-state index contributed by atoms with van der Waals surface area (Å²) in [7, 11) is 0. The molecule has 2 aromatic carbocycles. The molecule has 2 N–H and O–H groups in total. The number of para-hydroxylation sites is 1. The molecule has 2 saturated heterocycles. The molecule has 5 rings (SSSR count). The molecule has 8 heteroatoms. The van der Waals surface area contributed by atoms with Gasteiger partial charge in [0, 0.05) is 32.1 Å². The number of carbonyl (C=O) groups is 2. The standard InChI is InChI=1S/C30H38ClN5O2/c1-20(2)28-33-26-9-5-7-24(27(26)34-28)29(37)32-18-21-10-14-35(15-11-21)19-22-12-16-36(17-13-22)30(38)23-6-3-4-8-25(23)31/h3-9,20-22H,10-19H2,1-2H3,(H,32,37)(H,33,34). The van der Waals surface area contributed by atoms with Crippen LogP contribution in [-0.2, 0) is 0 Å². The number of nitrogens with one attached hydrogen (secondary N) is 2. The van der Waals surface area contributed by atoms with Crippen LogP contribution >= 0.6 is 11.6 Å². The van der Waals surface area contributed by atoms with Gasteiger partial charge in [0.2, 0.25) is 0 Å². The van der Waals surface area contributed by atoms with Crippen LogP contribution in [0.15, 0.2) is 42.5 Å². The van der Waals surface area contributed by atoms with E-state index in [1.807, 2.05) is 41.3 Å². The molecule has 2 amide bonds. The van der Waals surface area contributed by atoms with Crippen molar-refractivity contribution in [1.82, 2.24) is 25.1 Å². The Bertz CT molecular complexity index is 1270. The van der Waals surface area contributed by atoms with Gasteiger partial charge in [0.1, 0.15) is 11.3 Å². The van der Waals surface area contributed by atoms with Crippen LogP contribution < -0.4 is 5.32 Å². The Morgan fingerprint density at radius 1 is 0.974 bits per heavy atom. The van der Waals surface area contributed by atoms with E-state index >= 15 is 0 Å². The molecular formula is C30H38ClN5O2. The van der Waals surface area contributed by atoms with Crippen molar-refractivity contribution in [2.24, 2.45) is 11.8 Å². The van der Waals surface area contributed by atoms with E-state index in [0.717, 1.165) is 75.3 Å². The van der Waals surface area contributed by atoms with Crippen LogP contribution in [-0.4, -0.2) is 70.9 Å². The number of nitrogens with zero attached hydrogens (tertiary/aromatic N) is 3. The molecule has 2 aliphatic heterocycles. The summed E-state index contributed by atoms with van der Waals surface area (Å²) in [6.07, 6.45) is 4.25. The highest BCUT2D eigenvalue weighted by molar-refractivity contribution is 6.33. The maximum Gasteiger partial charge on any atom is 0.255 e. The summed E-state index contributed by atoms with van der Waals surface area (Å²) < 4.78 is 0. The number of fused-ring (bicyclic) bond motifs is 1. The van der Waals surface area contributed by atoms with Crippen LogP contribution in [0.2, 0.25) is 5.02 Å². The topological polar surface area (TPSA) is 81.3 Å². The predicted molar refractivity (Wildman–Crippen MR) is 152 cm³/mol. The normalized spacial score (nSPS) is 17.8. The summed E-state index contributed by atoms with van der Waals surface area (Å²) in [5.74, 6) is 2.30. The average Bonchev–Trinajstić information content (AvgIpc) is 3.38. The van der Waals surface area contributed by atoms with Gasteiger partial charge < -0.3 is 20.1 Å². The van der Waals surface area contributed by atoms with Crippen LogP contribution in [0.3, 0.4) is 0 Å². The minimum Gasteiger partial charge on any atom is -0.352 e. The van der Waals surface area contributed by atoms with Gasteiger partial charge in [-0.2, -0.15) is 0 Å². The summed E-state index contributed by atoms with van der Waals surface area (Å²) in [5, 5.41) is 3.70. The Hall–Kier alpha value is -2.90. The summed E-state index contributed by atoms with van der Waals surface area (Å²) >= 11 is 6.23. The fourth-order valence-corrected chi connectivity index (χ4v) is 5.92. The van der Waals surface area contributed by atoms with E-state index < -0.39 is 0 Å². The first kappa shape index (κ1) is 26.7. The quantitative estimate of drug-likeness (QED) is 0.428. The van der Waals surface area contributed by atoms with Gasteiger partial charge in [-0.05, 0) is 74.9 Å². The number of hydrogen-bond acceptors (Lipinski definition) is 4. The zero-order valence-corrected chi connectivity index (χ0v) is 23.1. The molecular weight excluding hydrogens is 498 g/mol. The number of amides is 2. The molecule has 38 heavy (non-hydrogen) atoms. The lowest BCUT2D eigenvalue weighted by molar-refractivity contribution is 0.0652. The fourth-order valence-electron chi connectivity index (χ4n) is 5.70. The van der Waals surface area contributed by atoms with E-state index in [-0.39, 0.29) is 17.7 Å². The SMILES string of the molecule is CC(C)c1nc2c(C(=O)NCC3CCN(CC4CCN(C(=O)c5ccccc5Cl)CC4)CC3)cccc2[nH]1. The number of likely N-dealkylation sites (tertiary alicyclic amines) is 2. The summed E-state index contributed by atoms with van der Waals surface area (Å²) in [4.78, 5) is 38.3. The Morgan fingerprint density at radius 3 is 2.37 bits per heavy atom. The van der Waals surface area contributed by atoms with E-state index in [9.17, 15) is 9.59 Å². The number of hydrogen-bond donors (Lipinski definition) is 2. The van der Waals surface area contributed by atoms with Crippen molar-refractivity contribution in [3.63, 3.8) is 0 Å². The highest BCUT2D eigenvalue weighted by atomic mass is 35.5. The number of aromatic nitrogens is 2. The lowest BCUT2D eigenvalue weighted by atomic mass is 9.92. The largest absolute Gasteiger partial charge is 0.352 e. The average molecular weight is 536 g/mol. The smallest absolute Gasteiger partial charge is 0.255 e. The minimum absolute atomic E-state index is 0.0424. The van der Waals surface area contributed by atoms with Crippen LogP contribution in [0.25, 0.3) is 11.0 Å². The van der Waals surface area contributed by atoms with Crippen molar-refractivity contribution in [3.8, 4) is 0 Å². The third-order valence-corrected chi connectivity index (χ3v) is 8.43. The minimum atomic E-state index is -0.0436. The molecule has 202 valence electrons. The lowest BCUT2D eigenvalue weighted by Crippen LogP contribution is -2.44. The first-order valence-corrected chi connectivity index (χ1v) is 14.3. The van der Waals surface area contributed by atoms with Gasteiger partial charge in [0.25, 0.3) is 11.8 Å². The van der Waals surface area contributed by atoms with Gasteiger partial charge in [-0.15, -0.1) is 0 Å². The Kier molecular flexibility index (Phi) is 8.34. The Morgan fingerprint density at radius 2 is 1.66 bits per heavy atom. The number of H-pyrrole nitrogens is 1. The number of carbonyl (C=O) groups excluding carboxylic acids is 2. The van der Waals surface area contributed by atoms with Crippen molar-refractivity contribution in [2.75, 3.05) is 39.3 Å². The Labute approximate surface area is 229 Å². The molecule has 2 aliphatic rings. The molecule has 3 heterocycles. The van der Waals surface area contributed by atoms with E-state index in [1.165, 1.54) is 0 Å². The number of rotatable bonds is 7. The van der Waals surface area contributed by atoms with E-state index in [0.29, 0.717) is 34.5 Å². The number of imidazole rings is 1. The predicted octanol–water partition coefficient (Wildman–Crippen LogP) is 5.33. The monoisotopic (exact) mass is 535 g/mol. The van der Waals surface area contributed by atoms with Crippen LogP contribution in [0, 0.1) is 11.8 Å². The van der Waals surface area contributed by atoms with Gasteiger partial charge in [0.05, 0.1) is 21.7 Å². The highest BCUT2D eigenvalue weighted by Gasteiger charge is 2.28. The Balaban J connectivity index is 1.05. The molecule has 0 saturated carbocycles. The zero-order chi connectivity index (χ0) is 26.6. The van der Waals surface area contributed by atoms with E-state index in [1.54, 1.807) is 6.07 Å². The van der Waals surface area contributed by atoms with Crippen LogP contribution in [0.1, 0.15) is 72.0 Å². The molecule has 7 nitrogen and oxygen atoms in total. The maximum atomic E-state index is 13.0. The second-order valence-corrected chi connectivity index (χ2v) is 11.6. The molecule has 0 atom stereocenters. The highest BCUT2D eigenvalue weighted by Crippen LogP contribution is 2.25. The third-order valence-electron chi connectivity index (χ3n) is 8.10. The molecule has 0 radical (unpaired) electrons. The maximum absolute atomic E-state index is 13.0. The summed E-state index contributed by atoms with van der Waals surface area (Å²) in [5.41, 5.74) is 2.91. The molecule has 0 aliphatic carbocycles. The molecule has 2 fully saturated rings. The first-order valence-electron chi connectivity index (χ1n) is 13.9. The summed E-state index contributed by atoms with van der Waals surface area (Å²) in [6.45, 7) is 9.68. The van der Waals surface area contributed by atoms with Crippen LogP contribution in [0.5, 0.6) is 0 Å². The number of aromatic amines is 1. The number of piperidine rings is 2. The van der Waals surface area contributed by atoms with Crippen molar-refractivity contribution in [3.05, 3.63) is 64.4 Å². The third kappa shape index (κ3) is 6.05. The van der Waals surface area contributed by atoms with E-state index in [2.05, 4.69) is 34.0 Å². The van der Waals surface area contributed by atoms with Crippen LogP contribution in [0.4, 0.5) is 0 Å². The second-order valence-electron chi connectivity index (χ2n) is 11.1. The van der Waals surface area contributed by atoms with Gasteiger partial charge in [0.15, 0.2) is 0 Å². The van der Waals surface area contributed by atoms with Gasteiger partial charge >= 0.3 is 0 Å². The molecule has 3 aromatic rings. The van der Waals surface area contributed by atoms with Gasteiger partial charge in [-0.3, -0.25) is 9.59 Å². The molecule has 1 aromatic heterocycles. The molecule has 0 bridgehead atoms.